The van der Waals surface area contributed by atoms with Crippen LogP contribution in [0.4, 0.5) is 11.4 Å². The first-order valence-corrected chi connectivity index (χ1v) is 14.2. The largest absolute Gasteiger partial charge is 0.295 e. The summed E-state index contributed by atoms with van der Waals surface area (Å²) in [6.07, 6.45) is 0. The minimum absolute atomic E-state index is 0.187. The summed E-state index contributed by atoms with van der Waals surface area (Å²) in [6, 6.07) is 22.4. The van der Waals surface area contributed by atoms with Crippen molar-refractivity contribution in [1.82, 2.24) is 0 Å². The topological polar surface area (TPSA) is 192 Å². The van der Waals surface area contributed by atoms with Crippen molar-refractivity contribution in [2.24, 2.45) is 10.2 Å². The van der Waals surface area contributed by atoms with Gasteiger partial charge in [0, 0.05) is 10.8 Å². The summed E-state index contributed by atoms with van der Waals surface area (Å²) in [5.74, 6) is 0. The van der Waals surface area contributed by atoms with Crippen LogP contribution in [0.15, 0.2) is 127 Å². The molecule has 0 aromatic heterocycles. The number of hydrogen-bond donors (Lipinski definition) is 4. The van der Waals surface area contributed by atoms with Crippen molar-refractivity contribution in [2.75, 3.05) is 10.9 Å². The summed E-state index contributed by atoms with van der Waals surface area (Å²) in [6.45, 7) is 0. The Hall–Kier alpha value is -4.76. The highest BCUT2D eigenvalue weighted by Crippen LogP contribution is 2.29. The minimum Gasteiger partial charge on any atom is -0.287 e. The van der Waals surface area contributed by atoms with E-state index < -0.39 is 36.5 Å². The Labute approximate surface area is 227 Å². The SMILES string of the molecule is O=c1cc/c(=N/Nc2ccccccc(S(=O)(=O)O)cc2)c(=O)/c1=N\Nc1ccc(S(=O)(=O)O)c2ccccc12. The molecular weight excluding hydrogens is 560 g/mol. The first kappa shape index (κ1) is 28.3. The predicted molar refractivity (Wildman–Crippen MR) is 147 cm³/mol. The third kappa shape index (κ3) is 6.62. The van der Waals surface area contributed by atoms with Crippen LogP contribution in [0.25, 0.3) is 10.8 Å². The van der Waals surface area contributed by atoms with Crippen LogP contribution in [0, 0.1) is 0 Å². The molecule has 4 N–H and O–H groups in total. The van der Waals surface area contributed by atoms with E-state index in [4.69, 9.17) is 0 Å². The van der Waals surface area contributed by atoms with Crippen molar-refractivity contribution in [3.8, 4) is 0 Å². The quantitative estimate of drug-likeness (QED) is 0.193. The standard InChI is InChI=1S/C26H20N4O8S2/c31-23-15-13-22(29-27-17-7-3-1-2-4-8-18(12-11-17)39(33,34)35)26(32)25(23)30-28-21-14-16-24(40(36,37)38)20-10-6-5-9-19(20)21/h1-16,27-28H,(H,33,34,35)(H,36,37,38)/b2-1?,3-1?,4-2?,7-3?,8-4?,12-11?,17-7?,17-11?,18-8?,18-12?,29-22-,30-25-. The van der Waals surface area contributed by atoms with Gasteiger partial charge in [0.05, 0.1) is 16.3 Å². The van der Waals surface area contributed by atoms with Crippen LogP contribution in [0.1, 0.15) is 0 Å². The Bertz CT molecular complexity index is 2120. The van der Waals surface area contributed by atoms with Gasteiger partial charge >= 0.3 is 0 Å². The van der Waals surface area contributed by atoms with E-state index in [2.05, 4.69) is 21.1 Å². The van der Waals surface area contributed by atoms with Crippen LogP contribution in [0.5, 0.6) is 0 Å². The van der Waals surface area contributed by atoms with Crippen LogP contribution in [0.3, 0.4) is 0 Å². The smallest absolute Gasteiger partial charge is 0.287 e. The molecule has 4 aromatic rings. The number of nitrogens with zero attached hydrogens (tertiary/aromatic N) is 2. The number of nitrogens with one attached hydrogen (secondary N) is 2. The Morgan fingerprint density at radius 3 is 1.98 bits per heavy atom. The number of anilines is 2. The second kappa shape index (κ2) is 11.5. The Morgan fingerprint density at radius 2 is 1.27 bits per heavy atom. The van der Waals surface area contributed by atoms with Gasteiger partial charge in [-0.3, -0.25) is 29.5 Å². The van der Waals surface area contributed by atoms with Crippen LogP contribution in [0.2, 0.25) is 0 Å². The van der Waals surface area contributed by atoms with Gasteiger partial charge < -0.3 is 0 Å². The monoisotopic (exact) mass is 580 g/mol. The van der Waals surface area contributed by atoms with Crippen LogP contribution in [-0.2, 0) is 20.2 Å². The van der Waals surface area contributed by atoms with Gasteiger partial charge in [0.2, 0.25) is 10.9 Å². The maximum absolute atomic E-state index is 13.0. The van der Waals surface area contributed by atoms with E-state index in [0.29, 0.717) is 5.39 Å². The Balaban J connectivity index is 1.75. The summed E-state index contributed by atoms with van der Waals surface area (Å²) in [5, 5.41) is 7.81. The number of rotatable bonds is 6. The van der Waals surface area contributed by atoms with Crippen LogP contribution in [-0.4, -0.2) is 25.9 Å². The first-order valence-electron chi connectivity index (χ1n) is 11.3. The molecule has 14 heteroatoms. The molecule has 0 aliphatic rings. The number of hydrogen-bond acceptors (Lipinski definition) is 10. The number of fused-ring (bicyclic) bond motifs is 1. The summed E-state index contributed by atoms with van der Waals surface area (Å²) in [7, 11) is -8.99. The van der Waals surface area contributed by atoms with E-state index in [1.807, 2.05) is 0 Å². The van der Waals surface area contributed by atoms with Gasteiger partial charge in [-0.05, 0) is 48.5 Å². The van der Waals surface area contributed by atoms with Crippen LogP contribution >= 0.6 is 0 Å². The Morgan fingerprint density at radius 1 is 0.600 bits per heavy atom. The molecule has 0 fully saturated rings. The zero-order valence-electron chi connectivity index (χ0n) is 20.3. The molecule has 40 heavy (non-hydrogen) atoms. The molecule has 0 saturated carbocycles. The second-order valence-corrected chi connectivity index (χ2v) is 10.9. The second-order valence-electron chi connectivity index (χ2n) is 8.11. The molecule has 0 saturated heterocycles. The lowest BCUT2D eigenvalue weighted by atomic mass is 10.1. The molecule has 0 atom stereocenters. The van der Waals surface area contributed by atoms with E-state index in [1.54, 1.807) is 36.4 Å². The van der Waals surface area contributed by atoms with E-state index in [-0.39, 0.29) is 31.9 Å². The van der Waals surface area contributed by atoms with Crippen molar-refractivity contribution in [3.63, 3.8) is 0 Å². The fourth-order valence-corrected chi connectivity index (χ4v) is 4.73. The Kier molecular flexibility index (Phi) is 8.16. The highest BCUT2D eigenvalue weighted by Gasteiger charge is 2.15. The fraction of sp³-hybridized carbons (Fsp3) is 0. The summed E-state index contributed by atoms with van der Waals surface area (Å²) < 4.78 is 65.4. The molecule has 4 rings (SSSR count). The van der Waals surface area contributed by atoms with E-state index >= 15 is 0 Å². The fourth-order valence-electron chi connectivity index (χ4n) is 3.54. The maximum Gasteiger partial charge on any atom is 0.295 e. The minimum atomic E-state index is -4.51. The average molecular weight is 581 g/mol. The molecule has 4 aromatic carbocycles. The third-order valence-corrected chi connectivity index (χ3v) is 7.20. The van der Waals surface area contributed by atoms with Gasteiger partial charge in [-0.1, -0.05) is 48.5 Å². The van der Waals surface area contributed by atoms with Crippen molar-refractivity contribution in [3.05, 3.63) is 128 Å². The lowest BCUT2D eigenvalue weighted by Gasteiger charge is -2.08. The highest BCUT2D eigenvalue weighted by molar-refractivity contribution is 7.86. The summed E-state index contributed by atoms with van der Waals surface area (Å²) >= 11 is 0. The first-order chi connectivity index (χ1) is 18.9. The predicted octanol–water partition coefficient (Wildman–Crippen LogP) is 1.91. The molecule has 0 aliphatic heterocycles. The van der Waals surface area contributed by atoms with Crippen LogP contribution < -0.4 is 32.4 Å². The van der Waals surface area contributed by atoms with E-state index in [9.17, 15) is 35.5 Å². The molecular formula is C26H20N4O8S2. The number of benzene rings is 3. The van der Waals surface area contributed by atoms with Gasteiger partial charge in [-0.2, -0.15) is 27.0 Å². The van der Waals surface area contributed by atoms with Crippen molar-refractivity contribution < 1.29 is 25.9 Å². The average Bonchev–Trinajstić information content (AvgIpc) is 2.90. The maximum atomic E-state index is 13.0. The molecule has 0 bridgehead atoms. The van der Waals surface area contributed by atoms with Gasteiger partial charge in [-0.25, -0.2) is 0 Å². The third-order valence-electron chi connectivity index (χ3n) is 5.42. The summed E-state index contributed by atoms with van der Waals surface area (Å²) in [4.78, 5) is 24.7. The van der Waals surface area contributed by atoms with Crippen molar-refractivity contribution in [1.29, 1.82) is 0 Å². The van der Waals surface area contributed by atoms with E-state index in [1.165, 1.54) is 42.5 Å². The van der Waals surface area contributed by atoms with Crippen molar-refractivity contribution in [2.45, 2.75) is 9.79 Å². The zero-order valence-corrected chi connectivity index (χ0v) is 21.9. The molecule has 0 heterocycles. The molecule has 0 radical (unpaired) electrons. The lowest BCUT2D eigenvalue weighted by molar-refractivity contribution is 0.481. The molecule has 0 spiro atoms. The summed E-state index contributed by atoms with van der Waals surface area (Å²) in [5.41, 5.74) is 4.19. The molecule has 0 aliphatic carbocycles. The lowest BCUT2D eigenvalue weighted by Crippen LogP contribution is -2.47. The van der Waals surface area contributed by atoms with E-state index in [0.717, 1.165) is 18.2 Å². The zero-order chi connectivity index (χ0) is 28.9. The molecule has 204 valence electrons. The van der Waals surface area contributed by atoms with Gasteiger partial charge in [0.1, 0.15) is 10.3 Å². The van der Waals surface area contributed by atoms with Gasteiger partial charge in [-0.15, -0.1) is 0 Å². The molecule has 0 amide bonds. The van der Waals surface area contributed by atoms with Gasteiger partial charge in [0.25, 0.3) is 20.2 Å². The van der Waals surface area contributed by atoms with Crippen molar-refractivity contribution >= 4 is 42.4 Å². The highest BCUT2D eigenvalue weighted by atomic mass is 32.2. The van der Waals surface area contributed by atoms with Gasteiger partial charge in [0.15, 0.2) is 5.36 Å². The molecule has 0 unspecified atom stereocenters. The molecule has 12 nitrogen and oxygen atoms in total. The normalized spacial score (nSPS) is 12.7.